The van der Waals surface area contributed by atoms with Gasteiger partial charge in [-0.1, -0.05) is 12.1 Å². The molecule has 0 bridgehead atoms. The average Bonchev–Trinajstić information content (AvgIpc) is 2.90. The van der Waals surface area contributed by atoms with Crippen LogP contribution < -0.4 is 5.32 Å². The van der Waals surface area contributed by atoms with Crippen LogP contribution in [-0.4, -0.2) is 17.1 Å². The third kappa shape index (κ3) is 3.66. The number of carbonyl (C=O) groups is 1. The quantitative estimate of drug-likeness (QED) is 0.869. The van der Waals surface area contributed by atoms with E-state index >= 15 is 0 Å². The molecule has 0 atom stereocenters. The van der Waals surface area contributed by atoms with Crippen molar-refractivity contribution in [2.45, 2.75) is 37.0 Å². The van der Waals surface area contributed by atoms with Crippen LogP contribution in [0.5, 0.6) is 0 Å². The second kappa shape index (κ2) is 6.62. The number of nitrogens with zero attached hydrogens (tertiary/aromatic N) is 1. The van der Waals surface area contributed by atoms with Crippen LogP contribution >= 0.6 is 23.1 Å². The first kappa shape index (κ1) is 14.6. The number of amides is 1. The van der Waals surface area contributed by atoms with Crippen LogP contribution in [0.15, 0.2) is 29.2 Å². The number of aryl methyl sites for hydroxylation is 2. The summed E-state index contributed by atoms with van der Waals surface area (Å²) in [6.07, 6.45) is 7.07. The molecular weight excluding hydrogens is 300 g/mol. The van der Waals surface area contributed by atoms with Gasteiger partial charge in [0.2, 0.25) is 5.91 Å². The van der Waals surface area contributed by atoms with Gasteiger partial charge in [-0.05, 0) is 49.6 Å². The smallest absolute Gasteiger partial charge is 0.230 e. The third-order valence-corrected chi connectivity index (χ3v) is 5.43. The molecule has 1 aromatic carbocycles. The highest BCUT2D eigenvalue weighted by Gasteiger charge is 2.16. The molecule has 3 rings (SSSR count). The maximum atomic E-state index is 12.1. The molecule has 5 heteroatoms. The lowest BCUT2D eigenvalue weighted by molar-refractivity contribution is -0.115. The lowest BCUT2D eigenvalue weighted by Crippen LogP contribution is -2.14. The first-order valence-electron chi connectivity index (χ1n) is 7.16. The predicted molar refractivity (Wildman–Crippen MR) is 89.3 cm³/mol. The lowest BCUT2D eigenvalue weighted by atomic mass is 10.0. The normalized spacial score (nSPS) is 13.8. The van der Waals surface area contributed by atoms with Crippen molar-refractivity contribution >= 4 is 34.1 Å². The van der Waals surface area contributed by atoms with Gasteiger partial charge in [-0.15, -0.1) is 23.1 Å². The van der Waals surface area contributed by atoms with Crippen molar-refractivity contribution in [3.05, 3.63) is 40.4 Å². The van der Waals surface area contributed by atoms with Gasteiger partial charge in [0.15, 0.2) is 5.13 Å². The van der Waals surface area contributed by atoms with E-state index in [9.17, 15) is 4.79 Å². The zero-order valence-electron chi connectivity index (χ0n) is 12.0. The summed E-state index contributed by atoms with van der Waals surface area (Å²) in [7, 11) is 0. The standard InChI is InChI=1S/C16H18N2OS2/c1-20-12-8-6-11(7-9-12)10-15(19)18-16-17-13-4-2-3-5-14(13)21-16/h6-9H,2-5,10H2,1H3,(H,17,18,19). The van der Waals surface area contributed by atoms with Crippen LogP contribution in [0, 0.1) is 0 Å². The second-order valence-corrected chi connectivity index (χ2v) is 7.13. The minimum atomic E-state index is 0.0120. The van der Waals surface area contributed by atoms with Gasteiger partial charge in [0.25, 0.3) is 0 Å². The van der Waals surface area contributed by atoms with E-state index in [1.165, 1.54) is 28.3 Å². The number of hydrogen-bond donors (Lipinski definition) is 1. The number of rotatable bonds is 4. The number of fused-ring (bicyclic) bond motifs is 1. The van der Waals surface area contributed by atoms with E-state index in [1.807, 2.05) is 18.4 Å². The predicted octanol–water partition coefficient (Wildman–Crippen LogP) is 3.93. The van der Waals surface area contributed by atoms with Gasteiger partial charge in [0.05, 0.1) is 12.1 Å². The highest BCUT2D eigenvalue weighted by atomic mass is 32.2. The number of thioether (sulfide) groups is 1. The second-order valence-electron chi connectivity index (χ2n) is 5.17. The van der Waals surface area contributed by atoms with Crippen molar-refractivity contribution in [3.63, 3.8) is 0 Å². The van der Waals surface area contributed by atoms with E-state index < -0.39 is 0 Å². The monoisotopic (exact) mass is 318 g/mol. The molecule has 1 aliphatic carbocycles. The Hall–Kier alpha value is -1.33. The number of hydrogen-bond acceptors (Lipinski definition) is 4. The number of benzene rings is 1. The van der Waals surface area contributed by atoms with Crippen LogP contribution in [0.25, 0.3) is 0 Å². The van der Waals surface area contributed by atoms with E-state index in [0.717, 1.165) is 23.5 Å². The maximum Gasteiger partial charge on any atom is 0.230 e. The molecule has 1 aromatic heterocycles. The lowest BCUT2D eigenvalue weighted by Gasteiger charge is -2.06. The highest BCUT2D eigenvalue weighted by Crippen LogP contribution is 2.29. The minimum Gasteiger partial charge on any atom is -0.302 e. The summed E-state index contributed by atoms with van der Waals surface area (Å²) in [4.78, 5) is 19.2. The van der Waals surface area contributed by atoms with E-state index in [0.29, 0.717) is 6.42 Å². The molecule has 0 saturated heterocycles. The van der Waals surface area contributed by atoms with E-state index in [4.69, 9.17) is 0 Å². The Morgan fingerprint density at radius 3 is 2.76 bits per heavy atom. The summed E-state index contributed by atoms with van der Waals surface area (Å²) in [6, 6.07) is 8.13. The van der Waals surface area contributed by atoms with Crippen molar-refractivity contribution in [1.29, 1.82) is 0 Å². The van der Waals surface area contributed by atoms with Gasteiger partial charge >= 0.3 is 0 Å². The topological polar surface area (TPSA) is 42.0 Å². The maximum absolute atomic E-state index is 12.1. The molecule has 0 aliphatic heterocycles. The summed E-state index contributed by atoms with van der Waals surface area (Å²) in [5, 5.41) is 3.70. The molecule has 1 heterocycles. The fourth-order valence-electron chi connectivity index (χ4n) is 2.50. The molecular formula is C16H18N2OS2. The van der Waals surface area contributed by atoms with Gasteiger partial charge in [-0.25, -0.2) is 4.98 Å². The van der Waals surface area contributed by atoms with Crippen LogP contribution in [-0.2, 0) is 24.1 Å². The molecule has 2 aromatic rings. The highest BCUT2D eigenvalue weighted by molar-refractivity contribution is 7.98. The Kier molecular flexibility index (Phi) is 4.60. The van der Waals surface area contributed by atoms with Crippen molar-refractivity contribution in [2.24, 2.45) is 0 Å². The van der Waals surface area contributed by atoms with Crippen molar-refractivity contribution < 1.29 is 4.79 Å². The average molecular weight is 318 g/mol. The first-order chi connectivity index (χ1) is 10.2. The molecule has 0 saturated carbocycles. The molecule has 0 radical (unpaired) electrons. The van der Waals surface area contributed by atoms with E-state index in [2.05, 4.69) is 22.4 Å². The Morgan fingerprint density at radius 2 is 2.05 bits per heavy atom. The van der Waals surface area contributed by atoms with Gasteiger partial charge in [0, 0.05) is 9.77 Å². The molecule has 0 unspecified atom stereocenters. The number of anilines is 1. The van der Waals surface area contributed by atoms with E-state index in [1.54, 1.807) is 23.1 Å². The molecule has 1 aliphatic rings. The number of aromatic nitrogens is 1. The summed E-state index contributed by atoms with van der Waals surface area (Å²) in [6.45, 7) is 0. The molecule has 3 nitrogen and oxygen atoms in total. The summed E-state index contributed by atoms with van der Waals surface area (Å²) in [5.74, 6) is 0.0120. The van der Waals surface area contributed by atoms with Crippen LogP contribution in [0.2, 0.25) is 0 Å². The van der Waals surface area contributed by atoms with Gasteiger partial charge < -0.3 is 5.32 Å². The van der Waals surface area contributed by atoms with Gasteiger partial charge in [-0.2, -0.15) is 0 Å². The van der Waals surface area contributed by atoms with Crippen molar-refractivity contribution in [2.75, 3.05) is 11.6 Å². The Morgan fingerprint density at radius 1 is 1.29 bits per heavy atom. The van der Waals surface area contributed by atoms with E-state index in [-0.39, 0.29) is 5.91 Å². The summed E-state index contributed by atoms with van der Waals surface area (Å²) >= 11 is 3.34. The van der Waals surface area contributed by atoms with Gasteiger partial charge in [-0.3, -0.25) is 4.79 Å². The van der Waals surface area contributed by atoms with Crippen LogP contribution in [0.4, 0.5) is 5.13 Å². The Balaban J connectivity index is 1.61. The molecule has 0 fully saturated rings. The molecule has 1 amide bonds. The van der Waals surface area contributed by atoms with Crippen molar-refractivity contribution in [3.8, 4) is 0 Å². The Labute approximate surface area is 133 Å². The Bertz CT molecular complexity index is 611. The number of nitrogens with one attached hydrogen (secondary N) is 1. The zero-order valence-corrected chi connectivity index (χ0v) is 13.6. The first-order valence-corrected chi connectivity index (χ1v) is 9.20. The number of thiazole rings is 1. The molecule has 1 N–H and O–H groups in total. The molecule has 110 valence electrons. The zero-order chi connectivity index (χ0) is 14.7. The van der Waals surface area contributed by atoms with Crippen molar-refractivity contribution in [1.82, 2.24) is 4.98 Å². The summed E-state index contributed by atoms with van der Waals surface area (Å²) in [5.41, 5.74) is 2.22. The number of carbonyl (C=O) groups excluding carboxylic acids is 1. The van der Waals surface area contributed by atoms with Gasteiger partial charge in [0.1, 0.15) is 0 Å². The largest absolute Gasteiger partial charge is 0.302 e. The van der Waals surface area contributed by atoms with Crippen LogP contribution in [0.1, 0.15) is 29.0 Å². The van der Waals surface area contributed by atoms with Crippen LogP contribution in [0.3, 0.4) is 0 Å². The summed E-state index contributed by atoms with van der Waals surface area (Å²) < 4.78 is 0. The minimum absolute atomic E-state index is 0.0120. The third-order valence-electron chi connectivity index (χ3n) is 3.62. The fourth-order valence-corrected chi connectivity index (χ4v) is 3.97. The SMILES string of the molecule is CSc1ccc(CC(=O)Nc2nc3c(s2)CCCC3)cc1. The molecule has 0 spiro atoms. The molecule has 21 heavy (non-hydrogen) atoms. The fraction of sp³-hybridized carbons (Fsp3) is 0.375.